The maximum atomic E-state index is 13.2. The molecule has 1 unspecified atom stereocenters. The molecule has 1 aliphatic rings. The van der Waals surface area contributed by atoms with Crippen molar-refractivity contribution < 1.29 is 26.9 Å². The summed E-state index contributed by atoms with van der Waals surface area (Å²) in [5, 5.41) is 6.67. The zero-order valence-corrected chi connectivity index (χ0v) is 18.7. The van der Waals surface area contributed by atoms with Crippen LogP contribution in [0.25, 0.3) is 11.4 Å². The van der Waals surface area contributed by atoms with E-state index in [1.165, 1.54) is 16.4 Å². The van der Waals surface area contributed by atoms with Crippen LogP contribution < -0.4 is 10.1 Å². The van der Waals surface area contributed by atoms with E-state index in [0.29, 0.717) is 36.5 Å². The maximum absolute atomic E-state index is 13.2. The van der Waals surface area contributed by atoms with Crippen molar-refractivity contribution in [3.63, 3.8) is 0 Å². The third kappa shape index (κ3) is 5.20. The van der Waals surface area contributed by atoms with Crippen LogP contribution in [0.3, 0.4) is 0 Å². The molecular formula is C22H23FN4O5S. The lowest BCUT2D eigenvalue weighted by atomic mass is 9.99. The summed E-state index contributed by atoms with van der Waals surface area (Å²) in [4.78, 5) is 17.0. The van der Waals surface area contributed by atoms with Gasteiger partial charge in [-0.3, -0.25) is 4.79 Å². The highest BCUT2D eigenvalue weighted by atomic mass is 32.2. The molecule has 11 heteroatoms. The van der Waals surface area contributed by atoms with Gasteiger partial charge in [0.15, 0.2) is 0 Å². The predicted molar refractivity (Wildman–Crippen MR) is 116 cm³/mol. The van der Waals surface area contributed by atoms with E-state index in [2.05, 4.69) is 15.5 Å². The van der Waals surface area contributed by atoms with Crippen LogP contribution in [0.5, 0.6) is 5.75 Å². The fraction of sp³-hybridized carbons (Fsp3) is 0.318. The van der Waals surface area contributed by atoms with E-state index in [-0.39, 0.29) is 29.8 Å². The SMILES string of the molecule is COc1cccc(-c2noc(CNC(=O)C3CCCN(S(=O)(=O)c4ccc(F)cc4)C3)n2)c1. The Balaban J connectivity index is 1.37. The van der Waals surface area contributed by atoms with Gasteiger partial charge in [0.2, 0.25) is 27.6 Å². The first-order valence-corrected chi connectivity index (χ1v) is 11.8. The molecule has 9 nitrogen and oxygen atoms in total. The summed E-state index contributed by atoms with van der Waals surface area (Å²) in [5.41, 5.74) is 0.713. The van der Waals surface area contributed by atoms with Gasteiger partial charge in [-0.25, -0.2) is 12.8 Å². The Labute approximate surface area is 190 Å². The van der Waals surface area contributed by atoms with Crippen LogP contribution >= 0.6 is 0 Å². The first-order valence-electron chi connectivity index (χ1n) is 10.4. The molecule has 3 aromatic rings. The van der Waals surface area contributed by atoms with E-state index in [1.807, 2.05) is 6.07 Å². The van der Waals surface area contributed by atoms with E-state index in [0.717, 1.165) is 12.1 Å². The Hall–Kier alpha value is -3.31. The molecule has 1 atom stereocenters. The Kier molecular flexibility index (Phi) is 6.70. The molecule has 1 fully saturated rings. The van der Waals surface area contributed by atoms with E-state index in [1.54, 1.807) is 25.3 Å². The lowest BCUT2D eigenvalue weighted by Crippen LogP contribution is -2.45. The number of carbonyl (C=O) groups excluding carboxylic acids is 1. The summed E-state index contributed by atoms with van der Waals surface area (Å²) in [6, 6.07) is 11.8. The zero-order chi connectivity index (χ0) is 23.4. The second kappa shape index (κ2) is 9.67. The number of rotatable bonds is 7. The highest BCUT2D eigenvalue weighted by Gasteiger charge is 2.33. The molecule has 1 aliphatic heterocycles. The Morgan fingerprint density at radius 1 is 1.27 bits per heavy atom. The minimum atomic E-state index is -3.81. The van der Waals surface area contributed by atoms with Crippen LogP contribution in [0.2, 0.25) is 0 Å². The summed E-state index contributed by atoms with van der Waals surface area (Å²) in [6.45, 7) is 0.374. The van der Waals surface area contributed by atoms with Gasteiger partial charge in [0, 0.05) is 18.7 Å². The van der Waals surface area contributed by atoms with Crippen LogP contribution in [-0.4, -0.2) is 49.0 Å². The van der Waals surface area contributed by atoms with Crippen molar-refractivity contribution in [3.05, 3.63) is 60.2 Å². The number of halogens is 1. The van der Waals surface area contributed by atoms with Crippen LogP contribution in [0.15, 0.2) is 57.9 Å². The lowest BCUT2D eigenvalue weighted by molar-refractivity contribution is -0.126. The van der Waals surface area contributed by atoms with Crippen molar-refractivity contribution in [1.82, 2.24) is 19.8 Å². The van der Waals surface area contributed by atoms with E-state index in [9.17, 15) is 17.6 Å². The number of sulfonamides is 1. The lowest BCUT2D eigenvalue weighted by Gasteiger charge is -2.31. The monoisotopic (exact) mass is 474 g/mol. The second-order valence-electron chi connectivity index (χ2n) is 7.62. The molecule has 0 spiro atoms. The van der Waals surface area contributed by atoms with E-state index >= 15 is 0 Å². The highest BCUT2D eigenvalue weighted by molar-refractivity contribution is 7.89. The average molecular weight is 475 g/mol. The normalized spacial score (nSPS) is 17.0. The zero-order valence-electron chi connectivity index (χ0n) is 17.9. The van der Waals surface area contributed by atoms with Crippen molar-refractivity contribution in [2.75, 3.05) is 20.2 Å². The Morgan fingerprint density at radius 3 is 2.82 bits per heavy atom. The number of aromatic nitrogens is 2. The van der Waals surface area contributed by atoms with Gasteiger partial charge in [-0.1, -0.05) is 17.3 Å². The number of benzene rings is 2. The Morgan fingerprint density at radius 2 is 2.06 bits per heavy atom. The molecular weight excluding hydrogens is 451 g/mol. The number of carbonyl (C=O) groups is 1. The van der Waals surface area contributed by atoms with Gasteiger partial charge in [0.05, 0.1) is 24.5 Å². The first kappa shape index (κ1) is 22.9. The molecule has 0 saturated carbocycles. The quantitative estimate of drug-likeness (QED) is 0.560. The number of nitrogens with zero attached hydrogens (tertiary/aromatic N) is 3. The number of ether oxygens (including phenoxy) is 1. The minimum absolute atomic E-state index is 0.000824. The topological polar surface area (TPSA) is 115 Å². The van der Waals surface area contributed by atoms with Crippen LogP contribution in [0.1, 0.15) is 18.7 Å². The second-order valence-corrected chi connectivity index (χ2v) is 9.56. The van der Waals surface area contributed by atoms with Crippen molar-refractivity contribution in [2.45, 2.75) is 24.3 Å². The van der Waals surface area contributed by atoms with Gasteiger partial charge >= 0.3 is 0 Å². The standard InChI is InChI=1S/C22H23FN4O5S/c1-31-18-6-2-4-15(12-18)21-25-20(32-26-21)13-24-22(28)16-5-3-11-27(14-16)33(29,30)19-9-7-17(23)8-10-19/h2,4,6-10,12,16H,3,5,11,13-14H2,1H3,(H,24,28). The molecule has 174 valence electrons. The van der Waals surface area contributed by atoms with Crippen LogP contribution in [0, 0.1) is 11.7 Å². The summed E-state index contributed by atoms with van der Waals surface area (Å²) in [5.74, 6) is -0.0740. The number of hydrogen-bond acceptors (Lipinski definition) is 7. The number of amides is 1. The van der Waals surface area contributed by atoms with Gasteiger partial charge in [0.25, 0.3) is 0 Å². The van der Waals surface area contributed by atoms with Crippen molar-refractivity contribution >= 4 is 15.9 Å². The summed E-state index contributed by atoms with van der Waals surface area (Å²) < 4.78 is 50.5. The molecule has 0 radical (unpaired) electrons. The molecule has 1 aromatic heterocycles. The average Bonchev–Trinajstić information content (AvgIpc) is 3.32. The number of piperidine rings is 1. The summed E-state index contributed by atoms with van der Waals surface area (Å²) >= 11 is 0. The molecule has 1 saturated heterocycles. The van der Waals surface area contributed by atoms with E-state index in [4.69, 9.17) is 9.26 Å². The van der Waals surface area contributed by atoms with Crippen molar-refractivity contribution in [2.24, 2.45) is 5.92 Å². The largest absolute Gasteiger partial charge is 0.497 e. The third-order valence-corrected chi connectivity index (χ3v) is 7.30. The Bertz CT molecular complexity index is 1230. The smallest absolute Gasteiger partial charge is 0.246 e. The molecule has 2 heterocycles. The summed E-state index contributed by atoms with van der Waals surface area (Å²) in [6.07, 6.45) is 1.10. The molecule has 0 aliphatic carbocycles. The summed E-state index contributed by atoms with van der Waals surface area (Å²) in [7, 11) is -2.25. The first-order chi connectivity index (χ1) is 15.9. The number of methoxy groups -OCH3 is 1. The van der Waals surface area contributed by atoms with Crippen molar-refractivity contribution in [3.8, 4) is 17.1 Å². The number of nitrogens with one attached hydrogen (secondary N) is 1. The van der Waals surface area contributed by atoms with Gasteiger partial charge in [0.1, 0.15) is 11.6 Å². The maximum Gasteiger partial charge on any atom is 0.246 e. The van der Waals surface area contributed by atoms with Gasteiger partial charge < -0.3 is 14.6 Å². The van der Waals surface area contributed by atoms with Gasteiger partial charge in [-0.2, -0.15) is 9.29 Å². The third-order valence-electron chi connectivity index (χ3n) is 5.42. The molecule has 1 N–H and O–H groups in total. The molecule has 0 bridgehead atoms. The van der Waals surface area contributed by atoms with Crippen molar-refractivity contribution in [1.29, 1.82) is 0 Å². The van der Waals surface area contributed by atoms with Crippen LogP contribution in [-0.2, 0) is 21.4 Å². The molecule has 2 aromatic carbocycles. The van der Waals surface area contributed by atoms with Gasteiger partial charge in [-0.15, -0.1) is 0 Å². The molecule has 1 amide bonds. The fourth-order valence-corrected chi connectivity index (χ4v) is 5.17. The number of hydrogen-bond donors (Lipinski definition) is 1. The van der Waals surface area contributed by atoms with Crippen LogP contribution in [0.4, 0.5) is 4.39 Å². The predicted octanol–water partition coefficient (Wildman–Crippen LogP) is 2.60. The molecule has 33 heavy (non-hydrogen) atoms. The molecule has 4 rings (SSSR count). The highest BCUT2D eigenvalue weighted by Crippen LogP contribution is 2.25. The van der Waals surface area contributed by atoms with Gasteiger partial charge in [-0.05, 0) is 49.2 Å². The minimum Gasteiger partial charge on any atom is -0.497 e. The fourth-order valence-electron chi connectivity index (χ4n) is 3.64. The van der Waals surface area contributed by atoms with E-state index < -0.39 is 21.8 Å².